The van der Waals surface area contributed by atoms with Crippen molar-refractivity contribution >= 4 is 43.3 Å². The van der Waals surface area contributed by atoms with Gasteiger partial charge < -0.3 is 15.8 Å². The Morgan fingerprint density at radius 1 is 1.00 bits per heavy atom. The zero-order valence-corrected chi connectivity index (χ0v) is 21.3. The minimum atomic E-state index is -4.04. The molecule has 0 fully saturated rings. The third-order valence-electron chi connectivity index (χ3n) is 5.69. The number of carbonyl (C=O) groups is 1. The van der Waals surface area contributed by atoms with Gasteiger partial charge in [-0.2, -0.15) is 0 Å². The fraction of sp³-hybridized carbons (Fsp3) is 0.148. The van der Waals surface area contributed by atoms with Gasteiger partial charge in [-0.05, 0) is 43.2 Å². The molecule has 0 aliphatic heterocycles. The molecule has 0 saturated heterocycles. The largest absolute Gasteiger partial charge is 0.495 e. The minimum Gasteiger partial charge on any atom is -0.495 e. The summed E-state index contributed by atoms with van der Waals surface area (Å²) in [4.78, 5) is 13.5. The minimum absolute atomic E-state index is 0.0717. The molecular weight excluding hydrogens is 480 g/mol. The zero-order valence-electron chi connectivity index (χ0n) is 19.7. The lowest BCUT2D eigenvalue weighted by atomic mass is 10.1. The summed E-state index contributed by atoms with van der Waals surface area (Å²) in [5.74, 6) is 0.194. The van der Waals surface area contributed by atoms with E-state index < -0.39 is 9.84 Å². The Kier molecular flexibility index (Phi) is 6.95. The lowest BCUT2D eigenvalue weighted by Crippen LogP contribution is -2.08. The molecule has 0 bridgehead atoms. The van der Waals surface area contributed by atoms with Gasteiger partial charge in [0.05, 0.1) is 23.4 Å². The molecule has 1 aromatic heterocycles. The van der Waals surface area contributed by atoms with E-state index in [9.17, 15) is 13.2 Å². The second-order valence-corrected chi connectivity index (χ2v) is 10.9. The Labute approximate surface area is 209 Å². The lowest BCUT2D eigenvalue weighted by Gasteiger charge is -2.12. The number of nitrogens with one attached hydrogen (secondary N) is 1. The second-order valence-electron chi connectivity index (χ2n) is 8.02. The molecule has 3 aromatic carbocycles. The number of methoxy groups -OCH3 is 1. The van der Waals surface area contributed by atoms with Gasteiger partial charge in [0.25, 0.3) is 0 Å². The van der Waals surface area contributed by atoms with E-state index in [1.807, 2.05) is 32.0 Å². The van der Waals surface area contributed by atoms with Crippen LogP contribution in [-0.4, -0.2) is 21.3 Å². The molecule has 0 amide bonds. The highest BCUT2D eigenvalue weighted by Crippen LogP contribution is 2.45. The molecule has 3 N–H and O–H groups in total. The first kappa shape index (κ1) is 24.5. The molecule has 35 heavy (non-hydrogen) atoms. The lowest BCUT2D eigenvalue weighted by molar-refractivity contribution is 0.104. The molecular formula is C27H26N2O4S2. The number of ketones is 1. The Hall–Kier alpha value is -3.62. The summed E-state index contributed by atoms with van der Waals surface area (Å²) in [6.45, 7) is 3.93. The molecule has 0 aliphatic rings. The van der Waals surface area contributed by atoms with Crippen LogP contribution in [0.3, 0.4) is 0 Å². The van der Waals surface area contributed by atoms with E-state index in [1.165, 1.54) is 7.11 Å². The number of aryl methyl sites for hydroxylation is 2. The Morgan fingerprint density at radius 3 is 2.29 bits per heavy atom. The Bertz CT molecular complexity index is 1470. The number of sulfone groups is 1. The normalized spacial score (nSPS) is 11.3. The summed E-state index contributed by atoms with van der Waals surface area (Å²) in [7, 11) is -2.51. The third-order valence-corrected chi connectivity index (χ3v) is 8.79. The van der Waals surface area contributed by atoms with Gasteiger partial charge in [0.2, 0.25) is 15.6 Å². The number of anilines is 3. The van der Waals surface area contributed by atoms with Gasteiger partial charge in [0.1, 0.15) is 20.5 Å². The number of thiophene rings is 1. The first-order valence-electron chi connectivity index (χ1n) is 11.0. The van der Waals surface area contributed by atoms with Crippen LogP contribution in [0, 0.1) is 6.92 Å². The van der Waals surface area contributed by atoms with Gasteiger partial charge in [0, 0.05) is 5.56 Å². The van der Waals surface area contributed by atoms with Crippen LogP contribution in [0.2, 0.25) is 0 Å². The van der Waals surface area contributed by atoms with Crippen molar-refractivity contribution in [3.05, 3.63) is 94.4 Å². The average molecular weight is 507 g/mol. The summed E-state index contributed by atoms with van der Waals surface area (Å²) in [6.07, 6.45) is 0.788. The van der Waals surface area contributed by atoms with Crippen molar-refractivity contribution in [2.45, 2.75) is 30.1 Å². The van der Waals surface area contributed by atoms with Crippen LogP contribution in [0.15, 0.2) is 82.6 Å². The second kappa shape index (κ2) is 9.93. The van der Waals surface area contributed by atoms with E-state index in [2.05, 4.69) is 5.32 Å². The van der Waals surface area contributed by atoms with Crippen LogP contribution in [0.1, 0.15) is 33.3 Å². The predicted molar refractivity (Wildman–Crippen MR) is 141 cm³/mol. The van der Waals surface area contributed by atoms with Crippen molar-refractivity contribution in [1.29, 1.82) is 0 Å². The smallest absolute Gasteiger partial charge is 0.211 e. The molecule has 0 atom stereocenters. The summed E-state index contributed by atoms with van der Waals surface area (Å²) >= 11 is 1.02. The third kappa shape index (κ3) is 4.80. The fourth-order valence-corrected chi connectivity index (χ4v) is 6.60. The number of carbonyl (C=O) groups excluding carboxylic acids is 1. The number of rotatable bonds is 8. The van der Waals surface area contributed by atoms with Gasteiger partial charge in [0.15, 0.2) is 0 Å². The van der Waals surface area contributed by atoms with Crippen molar-refractivity contribution in [2.75, 3.05) is 18.2 Å². The van der Waals surface area contributed by atoms with Crippen LogP contribution >= 0.6 is 11.3 Å². The first-order chi connectivity index (χ1) is 16.8. The molecule has 0 spiro atoms. The maximum Gasteiger partial charge on any atom is 0.211 e. The van der Waals surface area contributed by atoms with Crippen LogP contribution in [0.25, 0.3) is 0 Å². The molecule has 180 valence electrons. The molecule has 1 heterocycles. The standard InChI is InChI=1S/C27H26N2O4S2/c1-4-18-11-15-20(16-12-18)35(31,32)26-23(28)25(24(30)19-13-9-17(2)10-14-19)34-27(26)29-21-7-5-6-8-22(21)33-3/h5-16,29H,4,28H2,1-3H3. The van der Waals surface area contributed by atoms with E-state index in [-0.39, 0.29) is 31.1 Å². The van der Waals surface area contributed by atoms with E-state index >= 15 is 0 Å². The number of hydrogen-bond acceptors (Lipinski definition) is 7. The maximum absolute atomic E-state index is 13.8. The fourth-order valence-electron chi connectivity index (χ4n) is 3.67. The Morgan fingerprint density at radius 2 is 1.66 bits per heavy atom. The number of hydrogen-bond donors (Lipinski definition) is 2. The SMILES string of the molecule is CCc1ccc(S(=O)(=O)c2c(Nc3ccccc3OC)sc(C(=O)c3ccc(C)cc3)c2N)cc1. The predicted octanol–water partition coefficient (Wildman–Crippen LogP) is 6.02. The number of benzene rings is 3. The van der Waals surface area contributed by atoms with E-state index in [0.717, 1.165) is 28.9 Å². The van der Waals surface area contributed by atoms with E-state index in [4.69, 9.17) is 10.5 Å². The van der Waals surface area contributed by atoms with Crippen LogP contribution < -0.4 is 15.8 Å². The quantitative estimate of drug-likeness (QED) is 0.284. The van der Waals surface area contributed by atoms with Crippen LogP contribution in [-0.2, 0) is 16.3 Å². The van der Waals surface area contributed by atoms with Gasteiger partial charge in [-0.25, -0.2) is 8.42 Å². The van der Waals surface area contributed by atoms with Crippen LogP contribution in [0.5, 0.6) is 5.75 Å². The van der Waals surface area contributed by atoms with Crippen molar-refractivity contribution in [3.8, 4) is 5.75 Å². The summed E-state index contributed by atoms with van der Waals surface area (Å²) in [5.41, 5.74) is 9.37. The van der Waals surface area contributed by atoms with E-state index in [0.29, 0.717) is 17.0 Å². The van der Waals surface area contributed by atoms with Crippen molar-refractivity contribution < 1.29 is 17.9 Å². The maximum atomic E-state index is 13.8. The van der Waals surface area contributed by atoms with Gasteiger partial charge in [-0.1, -0.05) is 61.0 Å². The van der Waals surface area contributed by atoms with Crippen molar-refractivity contribution in [1.82, 2.24) is 0 Å². The van der Waals surface area contributed by atoms with E-state index in [1.54, 1.807) is 54.6 Å². The van der Waals surface area contributed by atoms with Crippen LogP contribution in [0.4, 0.5) is 16.4 Å². The summed E-state index contributed by atoms with van der Waals surface area (Å²) < 4.78 is 33.0. The Balaban J connectivity index is 1.88. The summed E-state index contributed by atoms with van der Waals surface area (Å²) in [6, 6.07) is 20.9. The number of nitrogens with two attached hydrogens (primary N) is 1. The van der Waals surface area contributed by atoms with Gasteiger partial charge >= 0.3 is 0 Å². The molecule has 8 heteroatoms. The topological polar surface area (TPSA) is 98.5 Å². The highest BCUT2D eigenvalue weighted by molar-refractivity contribution is 7.92. The van der Waals surface area contributed by atoms with Crippen molar-refractivity contribution in [2.24, 2.45) is 0 Å². The highest BCUT2D eigenvalue weighted by atomic mass is 32.2. The first-order valence-corrected chi connectivity index (χ1v) is 13.3. The zero-order chi connectivity index (χ0) is 25.2. The molecule has 6 nitrogen and oxygen atoms in total. The van der Waals surface area contributed by atoms with Crippen molar-refractivity contribution in [3.63, 3.8) is 0 Å². The molecule has 0 saturated carbocycles. The number of para-hydroxylation sites is 2. The molecule has 0 unspecified atom stereocenters. The van der Waals surface area contributed by atoms with Gasteiger partial charge in [-0.15, -0.1) is 11.3 Å². The highest BCUT2D eigenvalue weighted by Gasteiger charge is 2.32. The summed E-state index contributed by atoms with van der Waals surface area (Å²) in [5, 5.41) is 3.40. The number of nitrogen functional groups attached to an aromatic ring is 1. The number of ether oxygens (including phenoxy) is 1. The molecule has 0 aliphatic carbocycles. The van der Waals surface area contributed by atoms with Gasteiger partial charge in [-0.3, -0.25) is 4.79 Å². The average Bonchev–Trinajstić information content (AvgIpc) is 3.20. The molecule has 4 aromatic rings. The molecule has 4 rings (SSSR count). The molecule has 0 radical (unpaired) electrons. The monoisotopic (exact) mass is 506 g/mol.